The molecule has 4 aromatic rings. The summed E-state index contributed by atoms with van der Waals surface area (Å²) >= 11 is 0. The number of imidazole rings is 1. The van der Waals surface area contributed by atoms with E-state index in [1.807, 2.05) is 17.4 Å². The fourth-order valence-electron chi connectivity index (χ4n) is 3.12. The highest BCUT2D eigenvalue weighted by molar-refractivity contribution is 5.77. The summed E-state index contributed by atoms with van der Waals surface area (Å²) in [6.45, 7) is 1.84. The fraction of sp³-hybridized carbons (Fsp3) is 0.150. The van der Waals surface area contributed by atoms with Gasteiger partial charge in [-0.1, -0.05) is 12.1 Å². The molecule has 0 amide bonds. The minimum atomic E-state index is -1.33. The number of hydrogen-bond acceptors (Lipinski definition) is 7. The van der Waals surface area contributed by atoms with Gasteiger partial charge in [0.2, 0.25) is 11.9 Å². The topological polar surface area (TPSA) is 131 Å². The summed E-state index contributed by atoms with van der Waals surface area (Å²) in [5.74, 6) is -2.70. The number of carboxylic acid groups (broad SMARTS) is 1. The lowest BCUT2D eigenvalue weighted by Gasteiger charge is -2.16. The van der Waals surface area contributed by atoms with Crippen LogP contribution in [0.1, 0.15) is 11.4 Å². The zero-order valence-electron chi connectivity index (χ0n) is 16.3. The van der Waals surface area contributed by atoms with Crippen LogP contribution in [0.5, 0.6) is 0 Å². The average molecular weight is 425 g/mol. The van der Waals surface area contributed by atoms with Gasteiger partial charge in [0.15, 0.2) is 17.5 Å². The Morgan fingerprint density at radius 1 is 1.23 bits per heavy atom. The number of benzene rings is 1. The Bertz CT molecular complexity index is 1290. The quantitative estimate of drug-likeness (QED) is 0.429. The van der Waals surface area contributed by atoms with Crippen molar-refractivity contribution >= 4 is 23.4 Å². The van der Waals surface area contributed by atoms with Crippen molar-refractivity contribution in [3.8, 4) is 11.4 Å². The van der Waals surface area contributed by atoms with Gasteiger partial charge in [0.05, 0.1) is 11.7 Å². The van der Waals surface area contributed by atoms with Crippen LogP contribution in [0.4, 0.5) is 20.7 Å². The van der Waals surface area contributed by atoms with E-state index < -0.39 is 23.6 Å². The smallest absolute Gasteiger partial charge is 0.326 e. The maximum Gasteiger partial charge on any atom is 0.326 e. The van der Waals surface area contributed by atoms with Crippen LogP contribution < -0.4 is 11.1 Å². The largest absolute Gasteiger partial charge is 0.480 e. The highest BCUT2D eigenvalue weighted by atomic mass is 19.2. The number of carbonyl (C=O) groups is 1. The lowest BCUT2D eigenvalue weighted by atomic mass is 10.1. The molecular formula is C20H17F2N7O2. The van der Waals surface area contributed by atoms with Gasteiger partial charge in [-0.05, 0) is 30.7 Å². The zero-order valence-corrected chi connectivity index (χ0v) is 16.3. The summed E-state index contributed by atoms with van der Waals surface area (Å²) in [5.41, 5.74) is 7.18. The van der Waals surface area contributed by atoms with Crippen molar-refractivity contribution in [2.24, 2.45) is 0 Å². The summed E-state index contributed by atoms with van der Waals surface area (Å²) < 4.78 is 29.3. The maximum absolute atomic E-state index is 14.0. The van der Waals surface area contributed by atoms with Gasteiger partial charge in [0.25, 0.3) is 0 Å². The molecule has 0 spiro atoms. The van der Waals surface area contributed by atoms with Gasteiger partial charge >= 0.3 is 5.97 Å². The van der Waals surface area contributed by atoms with Crippen molar-refractivity contribution in [1.82, 2.24) is 24.3 Å². The Hall–Kier alpha value is -4.15. The van der Waals surface area contributed by atoms with Crippen LogP contribution in [0.25, 0.3) is 16.9 Å². The molecule has 0 aliphatic rings. The van der Waals surface area contributed by atoms with Crippen LogP contribution in [0.15, 0.2) is 42.7 Å². The number of hydrogen-bond donors (Lipinski definition) is 3. The number of nitrogens with two attached hydrogens (primary N) is 1. The first-order valence-corrected chi connectivity index (χ1v) is 9.19. The number of carboxylic acids is 1. The van der Waals surface area contributed by atoms with Gasteiger partial charge in [-0.25, -0.2) is 18.6 Å². The molecule has 158 valence electrons. The van der Waals surface area contributed by atoms with Crippen molar-refractivity contribution in [2.75, 3.05) is 11.1 Å². The highest BCUT2D eigenvalue weighted by Gasteiger charge is 2.22. The SMILES string of the molecule is Cc1ncc2ccc(-c3nc(N)nc(NC(Cc4cccc(F)c4F)C(=O)O)n3)cn12. The number of anilines is 2. The number of nitrogen functional groups attached to an aromatic ring is 1. The molecular weight excluding hydrogens is 408 g/mol. The summed E-state index contributed by atoms with van der Waals surface area (Å²) in [6.07, 6.45) is 3.16. The van der Waals surface area contributed by atoms with Crippen molar-refractivity contribution in [3.63, 3.8) is 0 Å². The average Bonchev–Trinajstić information content (AvgIpc) is 3.10. The van der Waals surface area contributed by atoms with Crippen LogP contribution in [0.3, 0.4) is 0 Å². The molecule has 3 aromatic heterocycles. The molecule has 0 saturated heterocycles. The Morgan fingerprint density at radius 3 is 2.81 bits per heavy atom. The first-order chi connectivity index (χ1) is 14.8. The van der Waals surface area contributed by atoms with E-state index in [0.29, 0.717) is 5.56 Å². The minimum absolute atomic E-state index is 0.0943. The molecule has 3 heterocycles. The first-order valence-electron chi connectivity index (χ1n) is 9.19. The summed E-state index contributed by atoms with van der Waals surface area (Å²) in [4.78, 5) is 28.2. The summed E-state index contributed by atoms with van der Waals surface area (Å²) in [5, 5.41) is 12.2. The number of aryl methyl sites for hydroxylation is 1. The number of halogens is 2. The Kier molecular flexibility index (Phi) is 5.15. The van der Waals surface area contributed by atoms with Crippen LogP contribution in [-0.4, -0.2) is 41.5 Å². The van der Waals surface area contributed by atoms with Crippen LogP contribution >= 0.6 is 0 Å². The van der Waals surface area contributed by atoms with Crippen molar-refractivity contribution in [1.29, 1.82) is 0 Å². The van der Waals surface area contributed by atoms with E-state index in [1.54, 1.807) is 18.5 Å². The van der Waals surface area contributed by atoms with Gasteiger partial charge in [-0.3, -0.25) is 0 Å². The standard InChI is InChI=1S/C20H17F2N7O2/c1-10-24-8-13-6-5-12(9-29(10)13)17-26-19(23)28-20(27-17)25-15(18(30)31)7-11-3-2-4-14(21)16(11)22/h2-6,8-9,15H,7H2,1H3,(H,30,31)(H3,23,25,26,27,28). The molecule has 1 aromatic carbocycles. The van der Waals surface area contributed by atoms with Crippen LogP contribution in [0, 0.1) is 18.6 Å². The van der Waals surface area contributed by atoms with Gasteiger partial charge in [0.1, 0.15) is 11.9 Å². The molecule has 1 atom stereocenters. The van der Waals surface area contributed by atoms with Gasteiger partial charge in [-0.2, -0.15) is 15.0 Å². The lowest BCUT2D eigenvalue weighted by Crippen LogP contribution is -2.33. The molecule has 0 saturated carbocycles. The second-order valence-corrected chi connectivity index (χ2v) is 6.81. The van der Waals surface area contributed by atoms with E-state index in [2.05, 4.69) is 25.3 Å². The van der Waals surface area contributed by atoms with Crippen molar-refractivity contribution in [2.45, 2.75) is 19.4 Å². The molecule has 11 heteroatoms. The number of rotatable bonds is 6. The normalized spacial score (nSPS) is 12.1. The third-order valence-corrected chi connectivity index (χ3v) is 4.68. The van der Waals surface area contributed by atoms with E-state index >= 15 is 0 Å². The van der Waals surface area contributed by atoms with Crippen LogP contribution in [0.2, 0.25) is 0 Å². The first kappa shape index (κ1) is 20.1. The number of nitrogens with zero attached hydrogens (tertiary/aromatic N) is 5. The fourth-order valence-corrected chi connectivity index (χ4v) is 3.12. The molecule has 9 nitrogen and oxygen atoms in total. The van der Waals surface area contributed by atoms with E-state index in [0.717, 1.165) is 17.4 Å². The number of nitrogens with one attached hydrogen (secondary N) is 1. The third kappa shape index (κ3) is 4.10. The minimum Gasteiger partial charge on any atom is -0.480 e. The predicted octanol–water partition coefficient (Wildman–Crippen LogP) is 2.46. The number of fused-ring (bicyclic) bond motifs is 1. The predicted molar refractivity (Wildman–Crippen MR) is 108 cm³/mol. The Balaban J connectivity index is 1.65. The molecule has 1 unspecified atom stereocenters. The van der Waals surface area contributed by atoms with Gasteiger partial charge in [0, 0.05) is 18.2 Å². The van der Waals surface area contributed by atoms with Crippen molar-refractivity contribution in [3.05, 3.63) is 65.7 Å². The second kappa shape index (κ2) is 7.94. The summed E-state index contributed by atoms with van der Waals surface area (Å²) in [6, 6.07) is 5.84. The number of pyridine rings is 1. The van der Waals surface area contributed by atoms with Crippen molar-refractivity contribution < 1.29 is 18.7 Å². The molecule has 0 aliphatic heterocycles. The Morgan fingerprint density at radius 2 is 2.03 bits per heavy atom. The second-order valence-electron chi connectivity index (χ2n) is 6.81. The van der Waals surface area contributed by atoms with E-state index in [4.69, 9.17) is 5.73 Å². The lowest BCUT2D eigenvalue weighted by molar-refractivity contribution is -0.137. The molecule has 4 N–H and O–H groups in total. The third-order valence-electron chi connectivity index (χ3n) is 4.68. The van der Waals surface area contributed by atoms with Crippen LogP contribution in [-0.2, 0) is 11.2 Å². The maximum atomic E-state index is 14.0. The molecule has 0 radical (unpaired) electrons. The Labute approximate surface area is 174 Å². The van der Waals surface area contributed by atoms with E-state index in [9.17, 15) is 18.7 Å². The monoisotopic (exact) mass is 425 g/mol. The molecule has 0 fully saturated rings. The highest BCUT2D eigenvalue weighted by Crippen LogP contribution is 2.20. The number of aliphatic carboxylic acids is 1. The van der Waals surface area contributed by atoms with Gasteiger partial charge < -0.3 is 20.6 Å². The molecule has 0 bridgehead atoms. The molecule has 31 heavy (non-hydrogen) atoms. The molecule has 4 rings (SSSR count). The van der Waals surface area contributed by atoms with E-state index in [1.165, 1.54) is 12.1 Å². The zero-order chi connectivity index (χ0) is 22.1. The van der Waals surface area contributed by atoms with Gasteiger partial charge in [-0.15, -0.1) is 0 Å². The summed E-state index contributed by atoms with van der Waals surface area (Å²) in [7, 11) is 0. The van der Waals surface area contributed by atoms with E-state index in [-0.39, 0.29) is 29.7 Å². The molecule has 0 aliphatic carbocycles. The number of aromatic nitrogens is 5.